The van der Waals surface area contributed by atoms with Crippen molar-refractivity contribution in [2.75, 3.05) is 19.4 Å². The van der Waals surface area contributed by atoms with Gasteiger partial charge >= 0.3 is 5.97 Å². The van der Waals surface area contributed by atoms with Crippen molar-refractivity contribution in [2.45, 2.75) is 19.9 Å². The molecule has 0 saturated heterocycles. The topological polar surface area (TPSA) is 47.4 Å². The summed E-state index contributed by atoms with van der Waals surface area (Å²) in [6.07, 6.45) is 8.36. The fraction of sp³-hybridized carbons (Fsp3) is 0.333. The van der Waals surface area contributed by atoms with Gasteiger partial charge in [-0.05, 0) is 31.4 Å². The number of fused-ring (bicyclic) bond motifs is 1. The van der Waals surface area contributed by atoms with Gasteiger partial charge in [-0.25, -0.2) is 13.8 Å². The maximum absolute atomic E-state index is 12.3. The van der Waals surface area contributed by atoms with Crippen molar-refractivity contribution in [3.63, 3.8) is 0 Å². The lowest BCUT2D eigenvalue weighted by Crippen LogP contribution is -2.26. The van der Waals surface area contributed by atoms with Crippen molar-refractivity contribution in [3.8, 4) is 18.0 Å². The van der Waals surface area contributed by atoms with Crippen molar-refractivity contribution >= 4 is 17.9 Å². The van der Waals surface area contributed by atoms with Gasteiger partial charge in [-0.15, -0.1) is 6.42 Å². The molecule has 0 unspecified atom stereocenters. The van der Waals surface area contributed by atoms with Gasteiger partial charge in [0.2, 0.25) is 0 Å². The molecule has 0 amide bonds. The third kappa shape index (κ3) is 3.05. The lowest BCUT2D eigenvalue weighted by molar-refractivity contribution is 0.0517. The second-order valence-electron chi connectivity index (χ2n) is 5.40. The van der Waals surface area contributed by atoms with Gasteiger partial charge in [0.15, 0.2) is 5.69 Å². The van der Waals surface area contributed by atoms with E-state index < -0.39 is 0 Å². The molecular weight excluding hydrogens is 322 g/mol. The van der Waals surface area contributed by atoms with Crippen molar-refractivity contribution in [3.05, 3.63) is 46.8 Å². The Hall–Kier alpha value is -2.23. The number of esters is 1. The number of carbonyl (C=O) groups excluding carboxylic acids is 1. The lowest BCUT2D eigenvalue weighted by atomic mass is 10.1. The molecule has 1 aromatic carbocycles. The third-order valence-electron chi connectivity index (χ3n) is 4.01. The first-order valence-electron chi connectivity index (χ1n) is 7.82. The summed E-state index contributed by atoms with van der Waals surface area (Å²) in [6.45, 7) is 3.72. The fourth-order valence-electron chi connectivity index (χ4n) is 2.85. The first-order valence-corrected chi connectivity index (χ1v) is 9.00. The number of nitrogens with zero attached hydrogens (tertiary/aromatic N) is 3. The van der Waals surface area contributed by atoms with Crippen LogP contribution in [0, 0.1) is 12.3 Å². The Morgan fingerprint density at radius 1 is 1.50 bits per heavy atom. The third-order valence-corrected chi connectivity index (χ3v) is 4.83. The van der Waals surface area contributed by atoms with Crippen LogP contribution < -0.4 is 0 Å². The molecule has 0 N–H and O–H groups in total. The Labute approximate surface area is 146 Å². The molecule has 24 heavy (non-hydrogen) atoms. The second kappa shape index (κ2) is 7.12. The largest absolute Gasteiger partial charge is 0.461 e. The standard InChI is InChI=1S/C18H19N3O2S/c1-4-13-7-6-8-14(11-13)21-16-9-10-20(24-3)12-15(16)17(19-21)18(22)23-5-2/h1,6-8,11H,5,9-10,12H2,2-3H3. The van der Waals surface area contributed by atoms with Gasteiger partial charge in [0, 0.05) is 30.6 Å². The SMILES string of the molecule is C#Cc1cccc(-n2nc(C(=O)OCC)c3c2CCN(SC)C3)c1. The smallest absolute Gasteiger partial charge is 0.359 e. The van der Waals surface area contributed by atoms with Crippen molar-refractivity contribution in [1.29, 1.82) is 0 Å². The number of carbonyl (C=O) groups is 1. The molecule has 2 heterocycles. The molecule has 1 aromatic heterocycles. The summed E-state index contributed by atoms with van der Waals surface area (Å²) >= 11 is 1.67. The maximum atomic E-state index is 12.3. The van der Waals surface area contributed by atoms with Crippen LogP contribution in [0.1, 0.15) is 34.2 Å². The van der Waals surface area contributed by atoms with Crippen LogP contribution in [0.2, 0.25) is 0 Å². The Kier molecular flexibility index (Phi) is 4.93. The van der Waals surface area contributed by atoms with Gasteiger partial charge in [-0.2, -0.15) is 5.10 Å². The van der Waals surface area contributed by atoms with E-state index in [1.54, 1.807) is 18.9 Å². The lowest BCUT2D eigenvalue weighted by Gasteiger charge is -2.25. The van der Waals surface area contributed by atoms with E-state index in [9.17, 15) is 4.79 Å². The minimum Gasteiger partial charge on any atom is -0.461 e. The Morgan fingerprint density at radius 2 is 2.33 bits per heavy atom. The molecule has 3 rings (SSSR count). The molecule has 124 valence electrons. The molecule has 0 fully saturated rings. The quantitative estimate of drug-likeness (QED) is 0.486. The van der Waals surface area contributed by atoms with E-state index >= 15 is 0 Å². The average Bonchev–Trinajstić information content (AvgIpc) is 3.00. The van der Waals surface area contributed by atoms with Gasteiger partial charge < -0.3 is 4.74 Å². The number of ether oxygens (including phenoxy) is 1. The average molecular weight is 341 g/mol. The van der Waals surface area contributed by atoms with E-state index in [0.717, 1.165) is 35.5 Å². The molecule has 5 nitrogen and oxygen atoms in total. The van der Waals surface area contributed by atoms with Gasteiger partial charge in [-0.1, -0.05) is 23.9 Å². The Bertz CT molecular complexity index is 807. The highest BCUT2D eigenvalue weighted by Crippen LogP contribution is 2.28. The summed E-state index contributed by atoms with van der Waals surface area (Å²) in [5.74, 6) is 2.27. The number of terminal acetylenes is 1. The summed E-state index contributed by atoms with van der Waals surface area (Å²) in [4.78, 5) is 12.3. The Morgan fingerprint density at radius 3 is 3.04 bits per heavy atom. The molecule has 0 atom stereocenters. The van der Waals surface area contributed by atoms with E-state index in [-0.39, 0.29) is 5.97 Å². The first-order chi connectivity index (χ1) is 11.7. The molecule has 0 aliphatic carbocycles. The summed E-state index contributed by atoms with van der Waals surface area (Å²) in [7, 11) is 0. The number of hydrogen-bond donors (Lipinski definition) is 0. The number of aromatic nitrogens is 2. The van der Waals surface area contributed by atoms with Gasteiger partial charge in [0.05, 0.1) is 18.0 Å². The van der Waals surface area contributed by atoms with Crippen LogP contribution in [0.15, 0.2) is 24.3 Å². The highest BCUT2D eigenvalue weighted by molar-refractivity contribution is 7.96. The highest BCUT2D eigenvalue weighted by Gasteiger charge is 2.29. The molecule has 0 bridgehead atoms. The van der Waals surface area contributed by atoms with Crippen LogP contribution >= 0.6 is 11.9 Å². The van der Waals surface area contributed by atoms with E-state index in [0.29, 0.717) is 18.8 Å². The normalized spacial score (nSPS) is 14.0. The summed E-state index contributed by atoms with van der Waals surface area (Å²) in [6, 6.07) is 7.63. The van der Waals surface area contributed by atoms with Crippen molar-refractivity contribution < 1.29 is 9.53 Å². The van der Waals surface area contributed by atoms with E-state index in [2.05, 4.69) is 15.3 Å². The van der Waals surface area contributed by atoms with Crippen molar-refractivity contribution in [1.82, 2.24) is 14.1 Å². The van der Waals surface area contributed by atoms with Crippen LogP contribution in [0.4, 0.5) is 0 Å². The maximum Gasteiger partial charge on any atom is 0.359 e. The summed E-state index contributed by atoms with van der Waals surface area (Å²) in [5.41, 5.74) is 4.06. The zero-order valence-corrected chi connectivity index (χ0v) is 14.6. The van der Waals surface area contributed by atoms with Crippen LogP contribution in [0.5, 0.6) is 0 Å². The highest BCUT2D eigenvalue weighted by atomic mass is 32.2. The molecule has 0 spiro atoms. The number of rotatable bonds is 4. The monoisotopic (exact) mass is 341 g/mol. The van der Waals surface area contributed by atoms with Gasteiger partial charge in [-0.3, -0.25) is 0 Å². The predicted molar refractivity (Wildman–Crippen MR) is 95.1 cm³/mol. The zero-order valence-electron chi connectivity index (χ0n) is 13.8. The summed E-state index contributed by atoms with van der Waals surface area (Å²) in [5, 5.41) is 4.56. The fourth-order valence-corrected chi connectivity index (χ4v) is 3.39. The Balaban J connectivity index is 2.10. The van der Waals surface area contributed by atoms with Crippen LogP contribution in [0.3, 0.4) is 0 Å². The minimum atomic E-state index is -0.372. The first kappa shape index (κ1) is 16.6. The van der Waals surface area contributed by atoms with Crippen molar-refractivity contribution in [2.24, 2.45) is 0 Å². The molecule has 6 heteroatoms. The number of benzene rings is 1. The van der Waals surface area contributed by atoms with Crippen LogP contribution in [-0.4, -0.2) is 39.5 Å². The molecular formula is C18H19N3O2S. The van der Waals surface area contributed by atoms with E-state index in [1.165, 1.54) is 0 Å². The molecule has 1 aliphatic heterocycles. The van der Waals surface area contributed by atoms with Crippen LogP contribution in [-0.2, 0) is 17.7 Å². The molecule has 0 saturated carbocycles. The van der Waals surface area contributed by atoms with E-state index in [1.807, 2.05) is 35.2 Å². The molecule has 2 aromatic rings. The second-order valence-corrected chi connectivity index (χ2v) is 6.28. The molecule has 0 radical (unpaired) electrons. The predicted octanol–water partition coefficient (Wildman–Crippen LogP) is 2.67. The van der Waals surface area contributed by atoms with Gasteiger partial charge in [0.25, 0.3) is 0 Å². The van der Waals surface area contributed by atoms with E-state index in [4.69, 9.17) is 11.2 Å². The number of hydrogen-bond acceptors (Lipinski definition) is 5. The molecule has 1 aliphatic rings. The van der Waals surface area contributed by atoms with Crippen LogP contribution in [0.25, 0.3) is 5.69 Å². The zero-order chi connectivity index (χ0) is 17.1. The minimum absolute atomic E-state index is 0.333. The summed E-state index contributed by atoms with van der Waals surface area (Å²) < 4.78 is 9.24. The van der Waals surface area contributed by atoms with Gasteiger partial charge in [0.1, 0.15) is 0 Å².